The van der Waals surface area contributed by atoms with Crippen molar-refractivity contribution in [1.29, 1.82) is 0 Å². The highest BCUT2D eigenvalue weighted by Gasteiger charge is 2.09. The van der Waals surface area contributed by atoms with Gasteiger partial charge >= 0.3 is 0 Å². The van der Waals surface area contributed by atoms with E-state index >= 15 is 0 Å². The van der Waals surface area contributed by atoms with Crippen LogP contribution in [0.25, 0.3) is 0 Å². The monoisotopic (exact) mass is 254 g/mol. The van der Waals surface area contributed by atoms with Crippen LogP contribution >= 0.6 is 11.3 Å². The van der Waals surface area contributed by atoms with Crippen LogP contribution in [0.4, 0.5) is 0 Å². The minimum atomic E-state index is 0.325. The number of aliphatic imine (C=N–C) groups is 1. The highest BCUT2D eigenvalue weighted by Crippen LogP contribution is 2.19. The zero-order valence-electron chi connectivity index (χ0n) is 11.0. The van der Waals surface area contributed by atoms with Gasteiger partial charge in [0.15, 0.2) is 5.96 Å². The van der Waals surface area contributed by atoms with Crippen LogP contribution in [0.2, 0.25) is 0 Å². The predicted molar refractivity (Wildman–Crippen MR) is 74.6 cm³/mol. The Morgan fingerprint density at radius 3 is 2.82 bits per heavy atom. The lowest BCUT2D eigenvalue weighted by Crippen LogP contribution is -2.38. The largest absolute Gasteiger partial charge is 0.370 e. The van der Waals surface area contributed by atoms with Crippen molar-refractivity contribution >= 4 is 17.3 Å². The van der Waals surface area contributed by atoms with Gasteiger partial charge < -0.3 is 11.1 Å². The van der Waals surface area contributed by atoms with Crippen molar-refractivity contribution in [3.8, 4) is 0 Å². The molecule has 0 aliphatic carbocycles. The number of guanidine groups is 1. The van der Waals surface area contributed by atoms with Gasteiger partial charge in [0.1, 0.15) is 0 Å². The van der Waals surface area contributed by atoms with Crippen molar-refractivity contribution in [2.24, 2.45) is 10.7 Å². The minimum Gasteiger partial charge on any atom is -0.370 e. The number of nitrogens with two attached hydrogens (primary N) is 1. The summed E-state index contributed by atoms with van der Waals surface area (Å²) in [5, 5.41) is 6.35. The summed E-state index contributed by atoms with van der Waals surface area (Å²) in [4.78, 5) is 8.80. The van der Waals surface area contributed by atoms with Gasteiger partial charge in [-0.25, -0.2) is 4.98 Å². The summed E-state index contributed by atoms with van der Waals surface area (Å²) >= 11 is 1.69. The first-order valence-corrected chi connectivity index (χ1v) is 6.89. The fraction of sp³-hybridized carbons (Fsp3) is 0.667. The molecule has 2 unspecified atom stereocenters. The van der Waals surface area contributed by atoms with Crippen LogP contribution < -0.4 is 11.1 Å². The van der Waals surface area contributed by atoms with Crippen molar-refractivity contribution in [3.63, 3.8) is 0 Å². The molecule has 0 aromatic carbocycles. The summed E-state index contributed by atoms with van der Waals surface area (Å²) < 4.78 is 0. The second-order valence-corrected chi connectivity index (χ2v) is 5.30. The molecule has 0 radical (unpaired) electrons. The highest BCUT2D eigenvalue weighted by molar-refractivity contribution is 7.09. The summed E-state index contributed by atoms with van der Waals surface area (Å²) in [7, 11) is 0. The molecule has 0 bridgehead atoms. The van der Waals surface area contributed by atoms with E-state index in [1.54, 1.807) is 11.3 Å². The Hall–Kier alpha value is -1.10. The Morgan fingerprint density at radius 2 is 2.29 bits per heavy atom. The van der Waals surface area contributed by atoms with Crippen LogP contribution in [0, 0.1) is 6.92 Å². The second kappa shape index (κ2) is 6.59. The van der Waals surface area contributed by atoms with Gasteiger partial charge in [0.05, 0.1) is 11.6 Å². The molecule has 0 amide bonds. The number of aromatic nitrogens is 1. The van der Waals surface area contributed by atoms with Gasteiger partial charge in [-0.15, -0.1) is 11.3 Å². The maximum absolute atomic E-state index is 5.80. The van der Waals surface area contributed by atoms with Crippen LogP contribution in [-0.2, 0) is 0 Å². The first-order valence-electron chi connectivity index (χ1n) is 6.01. The van der Waals surface area contributed by atoms with Gasteiger partial charge in [0.2, 0.25) is 0 Å². The Balaban J connectivity index is 2.46. The lowest BCUT2D eigenvalue weighted by Gasteiger charge is -2.12. The molecule has 2 atom stereocenters. The van der Waals surface area contributed by atoms with Crippen molar-refractivity contribution in [2.45, 2.75) is 46.1 Å². The number of rotatable bonds is 5. The maximum Gasteiger partial charge on any atom is 0.188 e. The van der Waals surface area contributed by atoms with Crippen LogP contribution in [0.5, 0.6) is 0 Å². The van der Waals surface area contributed by atoms with Crippen molar-refractivity contribution in [3.05, 3.63) is 16.1 Å². The summed E-state index contributed by atoms with van der Waals surface area (Å²) in [5.41, 5.74) is 6.88. The van der Waals surface area contributed by atoms with Crippen molar-refractivity contribution in [1.82, 2.24) is 10.3 Å². The third-order valence-corrected chi connectivity index (χ3v) is 3.79. The molecule has 0 aliphatic rings. The third kappa shape index (κ3) is 4.73. The molecule has 0 saturated heterocycles. The summed E-state index contributed by atoms with van der Waals surface area (Å²) in [5.74, 6) is 0.852. The van der Waals surface area contributed by atoms with E-state index in [-0.39, 0.29) is 0 Å². The first kappa shape index (κ1) is 14.0. The van der Waals surface area contributed by atoms with E-state index in [1.807, 2.05) is 6.92 Å². The van der Waals surface area contributed by atoms with Crippen molar-refractivity contribution < 1.29 is 0 Å². The lowest BCUT2D eigenvalue weighted by atomic mass is 10.2. The number of hydrogen-bond acceptors (Lipinski definition) is 3. The summed E-state index contributed by atoms with van der Waals surface area (Å²) in [6.07, 6.45) is 1.04. The molecule has 96 valence electrons. The predicted octanol–water partition coefficient (Wildman–Crippen LogP) is 2.26. The number of thiazole rings is 1. The maximum atomic E-state index is 5.80. The van der Waals surface area contributed by atoms with E-state index in [9.17, 15) is 0 Å². The van der Waals surface area contributed by atoms with Gasteiger partial charge in [-0.05, 0) is 20.3 Å². The molecule has 0 spiro atoms. The van der Waals surface area contributed by atoms with Gasteiger partial charge in [-0.1, -0.05) is 13.8 Å². The molecule has 1 heterocycles. The second-order valence-electron chi connectivity index (χ2n) is 4.41. The van der Waals surface area contributed by atoms with Crippen LogP contribution in [0.15, 0.2) is 10.4 Å². The van der Waals surface area contributed by atoms with Gasteiger partial charge in [0, 0.05) is 23.0 Å². The highest BCUT2D eigenvalue weighted by atomic mass is 32.1. The molecule has 0 aliphatic heterocycles. The molecular weight excluding hydrogens is 232 g/mol. The van der Waals surface area contributed by atoms with E-state index in [2.05, 4.69) is 41.4 Å². The molecule has 1 rings (SSSR count). The molecule has 17 heavy (non-hydrogen) atoms. The molecule has 5 heteroatoms. The van der Waals surface area contributed by atoms with Crippen LogP contribution in [-0.4, -0.2) is 23.5 Å². The number of aryl methyl sites for hydroxylation is 1. The van der Waals surface area contributed by atoms with E-state index in [0.29, 0.717) is 24.5 Å². The SMILES string of the molecule is CCC(C)NC(N)=NCC(C)c1nc(C)cs1. The average Bonchev–Trinajstić information content (AvgIpc) is 2.72. The molecule has 0 saturated carbocycles. The Labute approximate surface area is 107 Å². The standard InChI is InChI=1S/C12H22N4S/c1-5-9(3)16-12(13)14-6-8(2)11-15-10(4)7-17-11/h7-9H,5-6H2,1-4H3,(H3,13,14,16). The molecular formula is C12H22N4S. The third-order valence-electron chi connectivity index (χ3n) is 2.60. The van der Waals surface area contributed by atoms with Gasteiger partial charge in [-0.3, -0.25) is 4.99 Å². The van der Waals surface area contributed by atoms with E-state index in [1.165, 1.54) is 0 Å². The molecule has 1 aromatic rings. The first-order chi connectivity index (χ1) is 8.02. The Morgan fingerprint density at radius 1 is 1.59 bits per heavy atom. The van der Waals surface area contributed by atoms with Crippen molar-refractivity contribution in [2.75, 3.05) is 6.54 Å². The van der Waals surface area contributed by atoms with Gasteiger partial charge in [-0.2, -0.15) is 0 Å². The fourth-order valence-electron chi connectivity index (χ4n) is 1.31. The summed E-state index contributed by atoms with van der Waals surface area (Å²) in [6, 6.07) is 0.371. The fourth-order valence-corrected chi connectivity index (χ4v) is 2.16. The normalized spacial score (nSPS) is 15.6. The topological polar surface area (TPSA) is 63.3 Å². The Bertz CT molecular complexity index is 372. The number of nitrogens with zero attached hydrogens (tertiary/aromatic N) is 2. The van der Waals surface area contributed by atoms with Crippen LogP contribution in [0.1, 0.15) is 43.8 Å². The Kier molecular flexibility index (Phi) is 5.41. The molecule has 3 N–H and O–H groups in total. The zero-order chi connectivity index (χ0) is 12.8. The molecule has 4 nitrogen and oxygen atoms in total. The summed E-state index contributed by atoms with van der Waals surface area (Å²) in [6.45, 7) is 9.03. The van der Waals surface area contributed by atoms with E-state index < -0.39 is 0 Å². The molecule has 1 aromatic heterocycles. The minimum absolute atomic E-state index is 0.325. The zero-order valence-corrected chi connectivity index (χ0v) is 11.8. The van der Waals surface area contributed by atoms with Gasteiger partial charge in [0.25, 0.3) is 0 Å². The smallest absolute Gasteiger partial charge is 0.188 e. The lowest BCUT2D eigenvalue weighted by molar-refractivity contribution is 0.634. The van der Waals surface area contributed by atoms with E-state index in [4.69, 9.17) is 5.73 Å². The molecule has 0 fully saturated rings. The quantitative estimate of drug-likeness (QED) is 0.626. The average molecular weight is 254 g/mol. The number of hydrogen-bond donors (Lipinski definition) is 2. The van der Waals surface area contributed by atoms with Crippen LogP contribution in [0.3, 0.4) is 0 Å². The van der Waals surface area contributed by atoms with E-state index in [0.717, 1.165) is 17.1 Å². The number of nitrogens with one attached hydrogen (secondary N) is 1.